The van der Waals surface area contributed by atoms with Crippen LogP contribution in [0.3, 0.4) is 0 Å². The summed E-state index contributed by atoms with van der Waals surface area (Å²) in [5, 5.41) is 11.7. The number of hydrogen-bond donors (Lipinski definition) is 2. The van der Waals surface area contributed by atoms with Gasteiger partial charge in [0.2, 0.25) is 0 Å². The molecule has 0 bridgehead atoms. The van der Waals surface area contributed by atoms with Gasteiger partial charge in [-0.2, -0.15) is 5.10 Å². The number of piperidine rings is 1. The number of aromatic nitrogens is 2. The minimum atomic E-state index is 0. The second-order valence-electron chi connectivity index (χ2n) is 8.14. The Hall–Kier alpha value is -1.61. The highest BCUT2D eigenvalue weighted by Crippen LogP contribution is 2.14. The van der Waals surface area contributed by atoms with Gasteiger partial charge in [0.25, 0.3) is 0 Å². The van der Waals surface area contributed by atoms with Gasteiger partial charge in [-0.3, -0.25) is 4.99 Å². The van der Waals surface area contributed by atoms with E-state index in [1.807, 2.05) is 22.9 Å². The Labute approximate surface area is 204 Å². The van der Waals surface area contributed by atoms with E-state index in [2.05, 4.69) is 59.7 Å². The third-order valence-electron chi connectivity index (χ3n) is 5.71. The molecule has 1 saturated heterocycles. The number of aryl methyl sites for hydroxylation is 2. The molecule has 0 saturated carbocycles. The predicted molar refractivity (Wildman–Crippen MR) is 141 cm³/mol. The highest BCUT2D eigenvalue weighted by molar-refractivity contribution is 14.0. The van der Waals surface area contributed by atoms with Gasteiger partial charge in [0, 0.05) is 38.4 Å². The van der Waals surface area contributed by atoms with Crippen molar-refractivity contribution in [1.29, 1.82) is 0 Å². The van der Waals surface area contributed by atoms with Crippen molar-refractivity contribution in [3.8, 4) is 5.69 Å². The Balaban J connectivity index is 0.00000341. The number of benzene rings is 1. The largest absolute Gasteiger partial charge is 0.357 e. The predicted octanol–water partition coefficient (Wildman–Crippen LogP) is 4.16. The molecule has 0 aliphatic carbocycles. The summed E-state index contributed by atoms with van der Waals surface area (Å²) in [6, 6.07) is 10.8. The third kappa shape index (κ3) is 8.11. The minimum Gasteiger partial charge on any atom is -0.357 e. The van der Waals surface area contributed by atoms with E-state index >= 15 is 0 Å². The van der Waals surface area contributed by atoms with Crippen molar-refractivity contribution in [2.24, 2.45) is 4.99 Å². The highest BCUT2D eigenvalue weighted by atomic mass is 127. The number of para-hydroxylation sites is 1. The molecule has 0 radical (unpaired) electrons. The molecule has 6 nitrogen and oxygen atoms in total. The van der Waals surface area contributed by atoms with Gasteiger partial charge in [-0.1, -0.05) is 25.1 Å². The first-order chi connectivity index (χ1) is 14.7. The summed E-state index contributed by atoms with van der Waals surface area (Å²) in [7, 11) is 0. The summed E-state index contributed by atoms with van der Waals surface area (Å²) in [6.45, 7) is 11.8. The molecule has 2 N–H and O–H groups in total. The third-order valence-corrected chi connectivity index (χ3v) is 5.71. The van der Waals surface area contributed by atoms with Crippen molar-refractivity contribution in [3.05, 3.63) is 47.8 Å². The first kappa shape index (κ1) is 25.6. The van der Waals surface area contributed by atoms with E-state index in [4.69, 9.17) is 4.99 Å². The summed E-state index contributed by atoms with van der Waals surface area (Å²) in [6.07, 6.45) is 7.81. The lowest BCUT2D eigenvalue weighted by molar-refractivity contribution is 0.206. The maximum absolute atomic E-state index is 4.83. The van der Waals surface area contributed by atoms with Gasteiger partial charge < -0.3 is 15.5 Å². The van der Waals surface area contributed by atoms with Gasteiger partial charge in [0.15, 0.2) is 5.96 Å². The Bertz CT molecular complexity index is 781. The maximum atomic E-state index is 4.83. The molecule has 1 aromatic carbocycles. The quantitative estimate of drug-likeness (QED) is 0.218. The molecule has 2 heterocycles. The van der Waals surface area contributed by atoms with Crippen LogP contribution in [0.25, 0.3) is 5.69 Å². The van der Waals surface area contributed by atoms with E-state index in [1.165, 1.54) is 44.5 Å². The van der Waals surface area contributed by atoms with Crippen LogP contribution in [0.4, 0.5) is 0 Å². The second-order valence-corrected chi connectivity index (χ2v) is 8.14. The van der Waals surface area contributed by atoms with Gasteiger partial charge in [0.05, 0.1) is 11.4 Å². The summed E-state index contributed by atoms with van der Waals surface area (Å²) < 4.78 is 1.98. The Morgan fingerprint density at radius 3 is 2.58 bits per heavy atom. The molecule has 1 aliphatic heterocycles. The zero-order chi connectivity index (χ0) is 21.2. The number of halogens is 1. The standard InChI is InChI=1S/C24H38N6.HI/c1-4-16-29-17-13-22(14-18-29)27-24(25-5-2)26-15-9-10-21-19-30(28-20(21)3)23-11-7-6-8-12-23;/h6-8,11-12,19,22H,4-5,9-10,13-18H2,1-3H3,(H2,25,26,27);1H. The van der Waals surface area contributed by atoms with E-state index in [-0.39, 0.29) is 24.0 Å². The summed E-state index contributed by atoms with van der Waals surface area (Å²) in [5.74, 6) is 0.961. The minimum absolute atomic E-state index is 0. The Morgan fingerprint density at radius 1 is 1.16 bits per heavy atom. The fourth-order valence-corrected chi connectivity index (χ4v) is 4.05. The van der Waals surface area contributed by atoms with E-state index in [1.54, 1.807) is 0 Å². The molecule has 31 heavy (non-hydrogen) atoms. The highest BCUT2D eigenvalue weighted by Gasteiger charge is 2.19. The normalized spacial score (nSPS) is 15.5. The smallest absolute Gasteiger partial charge is 0.191 e. The first-order valence-electron chi connectivity index (χ1n) is 11.6. The van der Waals surface area contributed by atoms with Crippen molar-refractivity contribution in [2.45, 2.75) is 58.9 Å². The van der Waals surface area contributed by atoms with E-state index in [9.17, 15) is 0 Å². The van der Waals surface area contributed by atoms with Crippen molar-refractivity contribution < 1.29 is 0 Å². The Kier molecular flexibility index (Phi) is 11.4. The molecular formula is C24H39IN6. The SMILES string of the molecule is CCCN1CCC(NC(=NCCCc2cn(-c3ccccc3)nc2C)NCC)CC1.I. The van der Waals surface area contributed by atoms with E-state index < -0.39 is 0 Å². The van der Waals surface area contributed by atoms with Crippen molar-refractivity contribution >= 4 is 29.9 Å². The zero-order valence-electron chi connectivity index (χ0n) is 19.3. The van der Waals surface area contributed by atoms with Crippen LogP contribution in [0, 0.1) is 6.92 Å². The van der Waals surface area contributed by atoms with Crippen molar-refractivity contribution in [3.63, 3.8) is 0 Å². The zero-order valence-corrected chi connectivity index (χ0v) is 21.6. The van der Waals surface area contributed by atoms with Gasteiger partial charge in [-0.25, -0.2) is 4.68 Å². The number of nitrogens with zero attached hydrogens (tertiary/aromatic N) is 4. The molecule has 0 unspecified atom stereocenters. The molecule has 172 valence electrons. The molecule has 1 aromatic heterocycles. The van der Waals surface area contributed by atoms with Crippen LogP contribution in [0.2, 0.25) is 0 Å². The van der Waals surface area contributed by atoms with Crippen LogP contribution in [0.15, 0.2) is 41.5 Å². The number of rotatable bonds is 9. The molecule has 0 atom stereocenters. The topological polar surface area (TPSA) is 57.5 Å². The molecule has 1 fully saturated rings. The lowest BCUT2D eigenvalue weighted by atomic mass is 10.1. The van der Waals surface area contributed by atoms with E-state index in [0.29, 0.717) is 6.04 Å². The fourth-order valence-electron chi connectivity index (χ4n) is 4.05. The average molecular weight is 539 g/mol. The molecule has 2 aromatic rings. The molecule has 7 heteroatoms. The van der Waals surface area contributed by atoms with Gasteiger partial charge in [-0.15, -0.1) is 24.0 Å². The fraction of sp³-hybridized carbons (Fsp3) is 0.583. The van der Waals surface area contributed by atoms with Crippen molar-refractivity contribution in [1.82, 2.24) is 25.3 Å². The van der Waals surface area contributed by atoms with Crippen LogP contribution in [-0.4, -0.2) is 59.4 Å². The lowest BCUT2D eigenvalue weighted by Crippen LogP contribution is -2.48. The molecular weight excluding hydrogens is 499 g/mol. The van der Waals surface area contributed by atoms with Crippen LogP contribution < -0.4 is 10.6 Å². The average Bonchev–Trinajstić information content (AvgIpc) is 3.14. The second kappa shape index (κ2) is 13.7. The number of hydrogen-bond acceptors (Lipinski definition) is 3. The van der Waals surface area contributed by atoms with Crippen LogP contribution in [0.1, 0.15) is 50.8 Å². The summed E-state index contributed by atoms with van der Waals surface area (Å²) in [4.78, 5) is 7.40. The molecule has 3 rings (SSSR count). The van der Waals surface area contributed by atoms with Gasteiger partial charge >= 0.3 is 0 Å². The molecule has 1 aliphatic rings. The summed E-state index contributed by atoms with van der Waals surface area (Å²) in [5.41, 5.74) is 3.51. The van der Waals surface area contributed by atoms with Crippen molar-refractivity contribution in [2.75, 3.05) is 32.7 Å². The lowest BCUT2D eigenvalue weighted by Gasteiger charge is -2.32. The van der Waals surface area contributed by atoms with Gasteiger partial charge in [0.1, 0.15) is 0 Å². The monoisotopic (exact) mass is 538 g/mol. The number of aliphatic imine (C=N–C) groups is 1. The van der Waals surface area contributed by atoms with Crippen LogP contribution in [-0.2, 0) is 6.42 Å². The number of likely N-dealkylation sites (tertiary alicyclic amines) is 1. The first-order valence-corrected chi connectivity index (χ1v) is 11.6. The maximum Gasteiger partial charge on any atom is 0.191 e. The van der Waals surface area contributed by atoms with Gasteiger partial charge in [-0.05, 0) is 70.2 Å². The van der Waals surface area contributed by atoms with Crippen LogP contribution >= 0.6 is 24.0 Å². The van der Waals surface area contributed by atoms with E-state index in [0.717, 1.165) is 43.3 Å². The number of nitrogens with one attached hydrogen (secondary N) is 2. The molecule has 0 amide bonds. The molecule has 0 spiro atoms. The Morgan fingerprint density at radius 2 is 1.90 bits per heavy atom. The van der Waals surface area contributed by atoms with Crippen LogP contribution in [0.5, 0.6) is 0 Å². The summed E-state index contributed by atoms with van der Waals surface area (Å²) >= 11 is 0. The number of guanidine groups is 1.